The summed E-state index contributed by atoms with van der Waals surface area (Å²) in [4.78, 5) is 15.7. The van der Waals surface area contributed by atoms with Crippen molar-refractivity contribution in [1.82, 2.24) is 10.3 Å². The van der Waals surface area contributed by atoms with E-state index in [9.17, 15) is 9.90 Å². The van der Waals surface area contributed by atoms with E-state index in [4.69, 9.17) is 0 Å². The Morgan fingerprint density at radius 1 is 1.20 bits per heavy atom. The Bertz CT molecular complexity index is 556. The molecular weight excluding hydrogens is 254 g/mol. The summed E-state index contributed by atoms with van der Waals surface area (Å²) in [5, 5.41) is 15.6. The van der Waals surface area contributed by atoms with Gasteiger partial charge < -0.3 is 10.4 Å². The molecule has 1 atom stereocenters. The lowest BCUT2D eigenvalue weighted by Gasteiger charge is -2.24. The fraction of sp³-hybridized carbons (Fsp3) is 0.200. The van der Waals surface area contributed by atoms with Gasteiger partial charge >= 0.3 is 6.03 Å². The zero-order valence-electron chi connectivity index (χ0n) is 11.2. The van der Waals surface area contributed by atoms with Crippen LogP contribution in [0.3, 0.4) is 0 Å². The van der Waals surface area contributed by atoms with E-state index in [1.807, 2.05) is 30.3 Å². The standard InChI is InChI=1S/C15H17N3O2/c1-15(20,12-7-3-2-4-8-12)11-17-14(19)18-13-9-5-6-10-16-13/h2-10,20H,11H2,1H3,(H2,16,17,18,19). The molecule has 1 aromatic carbocycles. The second-order valence-electron chi connectivity index (χ2n) is 4.66. The molecule has 20 heavy (non-hydrogen) atoms. The fourth-order valence-corrected chi connectivity index (χ4v) is 1.75. The minimum Gasteiger partial charge on any atom is -0.384 e. The van der Waals surface area contributed by atoms with Crippen molar-refractivity contribution in [3.8, 4) is 0 Å². The molecule has 2 rings (SSSR count). The Kier molecular flexibility index (Phi) is 4.32. The number of amides is 2. The molecule has 104 valence electrons. The average molecular weight is 271 g/mol. The first kappa shape index (κ1) is 14.0. The first-order valence-electron chi connectivity index (χ1n) is 6.32. The Labute approximate surface area is 117 Å². The van der Waals surface area contributed by atoms with E-state index in [-0.39, 0.29) is 6.54 Å². The Hall–Kier alpha value is -2.40. The van der Waals surface area contributed by atoms with E-state index < -0.39 is 11.6 Å². The summed E-state index contributed by atoms with van der Waals surface area (Å²) in [6.07, 6.45) is 1.59. The van der Waals surface area contributed by atoms with Gasteiger partial charge in [0.25, 0.3) is 0 Å². The summed E-state index contributed by atoms with van der Waals surface area (Å²) < 4.78 is 0. The topological polar surface area (TPSA) is 74.2 Å². The first-order valence-corrected chi connectivity index (χ1v) is 6.32. The SMILES string of the molecule is CC(O)(CNC(=O)Nc1ccccn1)c1ccccc1. The van der Waals surface area contributed by atoms with Crippen molar-refractivity contribution in [1.29, 1.82) is 0 Å². The molecule has 0 spiro atoms. The number of aliphatic hydroxyl groups is 1. The predicted molar refractivity (Wildman–Crippen MR) is 77.3 cm³/mol. The molecule has 0 aliphatic rings. The number of carbonyl (C=O) groups is 1. The fourth-order valence-electron chi connectivity index (χ4n) is 1.75. The number of anilines is 1. The largest absolute Gasteiger partial charge is 0.384 e. The van der Waals surface area contributed by atoms with Crippen LogP contribution in [0.2, 0.25) is 0 Å². The molecule has 5 heteroatoms. The van der Waals surface area contributed by atoms with Crippen molar-refractivity contribution in [2.24, 2.45) is 0 Å². The maximum absolute atomic E-state index is 11.7. The number of nitrogens with one attached hydrogen (secondary N) is 2. The summed E-state index contributed by atoms with van der Waals surface area (Å²) in [5.41, 5.74) is -0.374. The third kappa shape index (κ3) is 3.80. The van der Waals surface area contributed by atoms with Gasteiger partial charge in [-0.1, -0.05) is 36.4 Å². The molecule has 0 bridgehead atoms. The highest BCUT2D eigenvalue weighted by Crippen LogP contribution is 2.18. The highest BCUT2D eigenvalue weighted by molar-refractivity contribution is 5.88. The summed E-state index contributed by atoms with van der Waals surface area (Å²) in [6, 6.07) is 14.0. The molecule has 0 aliphatic heterocycles. The summed E-state index contributed by atoms with van der Waals surface area (Å²) >= 11 is 0. The highest BCUT2D eigenvalue weighted by atomic mass is 16.3. The van der Waals surface area contributed by atoms with Crippen LogP contribution in [0.5, 0.6) is 0 Å². The quantitative estimate of drug-likeness (QED) is 0.797. The number of benzene rings is 1. The maximum atomic E-state index is 11.7. The van der Waals surface area contributed by atoms with Gasteiger partial charge in [0.1, 0.15) is 11.4 Å². The van der Waals surface area contributed by atoms with Crippen LogP contribution in [0.1, 0.15) is 12.5 Å². The molecule has 0 fully saturated rings. The number of aromatic nitrogens is 1. The molecule has 0 saturated carbocycles. The van der Waals surface area contributed by atoms with Crippen LogP contribution in [0.25, 0.3) is 0 Å². The van der Waals surface area contributed by atoms with E-state index in [2.05, 4.69) is 15.6 Å². The van der Waals surface area contributed by atoms with Crippen LogP contribution in [-0.2, 0) is 5.60 Å². The van der Waals surface area contributed by atoms with Crippen LogP contribution >= 0.6 is 0 Å². The minimum absolute atomic E-state index is 0.107. The molecule has 2 amide bonds. The lowest BCUT2D eigenvalue weighted by Crippen LogP contribution is -2.40. The molecule has 1 heterocycles. The number of pyridine rings is 1. The third-order valence-electron chi connectivity index (χ3n) is 2.90. The van der Waals surface area contributed by atoms with Gasteiger partial charge in [-0.05, 0) is 24.6 Å². The van der Waals surface area contributed by atoms with E-state index >= 15 is 0 Å². The van der Waals surface area contributed by atoms with Gasteiger partial charge in [-0.15, -0.1) is 0 Å². The predicted octanol–water partition coefficient (Wildman–Crippen LogP) is 2.11. The number of nitrogens with zero attached hydrogens (tertiary/aromatic N) is 1. The van der Waals surface area contributed by atoms with Crippen LogP contribution in [-0.4, -0.2) is 22.7 Å². The number of hydrogen-bond donors (Lipinski definition) is 3. The zero-order valence-corrected chi connectivity index (χ0v) is 11.2. The van der Waals surface area contributed by atoms with Gasteiger partial charge in [0, 0.05) is 6.20 Å². The van der Waals surface area contributed by atoms with Crippen LogP contribution in [0.4, 0.5) is 10.6 Å². The van der Waals surface area contributed by atoms with Crippen LogP contribution in [0.15, 0.2) is 54.7 Å². The summed E-state index contributed by atoms with van der Waals surface area (Å²) in [5.74, 6) is 0.462. The van der Waals surface area contributed by atoms with Crippen molar-refractivity contribution in [2.45, 2.75) is 12.5 Å². The number of urea groups is 1. The van der Waals surface area contributed by atoms with Crippen molar-refractivity contribution in [3.63, 3.8) is 0 Å². The average Bonchev–Trinajstić information content (AvgIpc) is 2.47. The van der Waals surface area contributed by atoms with Gasteiger partial charge in [-0.3, -0.25) is 5.32 Å². The van der Waals surface area contributed by atoms with Gasteiger partial charge in [0.2, 0.25) is 0 Å². The summed E-state index contributed by atoms with van der Waals surface area (Å²) in [7, 11) is 0. The minimum atomic E-state index is -1.12. The number of hydrogen-bond acceptors (Lipinski definition) is 3. The van der Waals surface area contributed by atoms with Crippen molar-refractivity contribution >= 4 is 11.8 Å². The number of carbonyl (C=O) groups excluding carboxylic acids is 1. The van der Waals surface area contributed by atoms with Gasteiger partial charge in [-0.2, -0.15) is 0 Å². The Morgan fingerprint density at radius 2 is 1.90 bits per heavy atom. The Balaban J connectivity index is 1.90. The smallest absolute Gasteiger partial charge is 0.320 e. The second-order valence-corrected chi connectivity index (χ2v) is 4.66. The van der Waals surface area contributed by atoms with E-state index in [1.54, 1.807) is 31.3 Å². The second kappa shape index (κ2) is 6.16. The normalized spacial score (nSPS) is 13.3. The van der Waals surface area contributed by atoms with Gasteiger partial charge in [0.05, 0.1) is 6.54 Å². The maximum Gasteiger partial charge on any atom is 0.320 e. The third-order valence-corrected chi connectivity index (χ3v) is 2.90. The van der Waals surface area contributed by atoms with Crippen molar-refractivity contribution in [3.05, 3.63) is 60.3 Å². The van der Waals surface area contributed by atoms with Crippen LogP contribution < -0.4 is 10.6 Å². The molecule has 0 saturated heterocycles. The molecule has 2 aromatic rings. The zero-order chi connectivity index (χ0) is 14.4. The van der Waals surface area contributed by atoms with Gasteiger partial charge in [0.15, 0.2) is 0 Å². The molecule has 0 radical (unpaired) electrons. The molecule has 3 N–H and O–H groups in total. The number of rotatable bonds is 4. The van der Waals surface area contributed by atoms with Crippen LogP contribution in [0, 0.1) is 0 Å². The lowest BCUT2D eigenvalue weighted by molar-refractivity contribution is 0.0599. The van der Waals surface area contributed by atoms with Crippen molar-refractivity contribution in [2.75, 3.05) is 11.9 Å². The van der Waals surface area contributed by atoms with Gasteiger partial charge in [-0.25, -0.2) is 9.78 Å². The van der Waals surface area contributed by atoms with E-state index in [1.165, 1.54) is 0 Å². The molecule has 5 nitrogen and oxygen atoms in total. The molecule has 1 aromatic heterocycles. The van der Waals surface area contributed by atoms with Crippen molar-refractivity contribution < 1.29 is 9.90 Å². The lowest BCUT2D eigenvalue weighted by atomic mass is 9.96. The van der Waals surface area contributed by atoms with E-state index in [0.717, 1.165) is 5.56 Å². The molecular formula is C15H17N3O2. The Morgan fingerprint density at radius 3 is 2.55 bits per heavy atom. The van der Waals surface area contributed by atoms with E-state index in [0.29, 0.717) is 5.82 Å². The molecule has 0 aliphatic carbocycles. The monoisotopic (exact) mass is 271 g/mol. The highest BCUT2D eigenvalue weighted by Gasteiger charge is 2.23. The first-order chi connectivity index (χ1) is 9.58. The summed E-state index contributed by atoms with van der Waals surface area (Å²) in [6.45, 7) is 1.76. The molecule has 1 unspecified atom stereocenters.